The Labute approximate surface area is 159 Å². The van der Waals surface area contributed by atoms with E-state index in [1.54, 1.807) is 6.08 Å². The lowest BCUT2D eigenvalue weighted by atomic mass is 9.45. The van der Waals surface area contributed by atoms with Gasteiger partial charge < -0.3 is 20.4 Å². The van der Waals surface area contributed by atoms with E-state index in [0.29, 0.717) is 12.8 Å². The van der Waals surface area contributed by atoms with E-state index in [2.05, 4.69) is 6.92 Å². The van der Waals surface area contributed by atoms with E-state index in [1.807, 2.05) is 6.92 Å². The molecule has 6 heteroatoms. The fourth-order valence-electron chi connectivity index (χ4n) is 7.31. The number of rotatable bonds is 2. The number of carbonyl (C=O) groups excluding carboxylic acids is 2. The van der Waals surface area contributed by atoms with Gasteiger partial charge in [0.05, 0.1) is 6.10 Å². The van der Waals surface area contributed by atoms with Crippen molar-refractivity contribution in [1.29, 1.82) is 0 Å². The maximum atomic E-state index is 12.4. The summed E-state index contributed by atoms with van der Waals surface area (Å²) in [6.45, 7) is 3.97. The van der Waals surface area contributed by atoms with Crippen molar-refractivity contribution in [3.63, 3.8) is 0 Å². The third kappa shape index (κ3) is 2.40. The van der Waals surface area contributed by atoms with Crippen molar-refractivity contribution < 1.29 is 30.0 Å². The average Bonchev–Trinajstić information content (AvgIpc) is 2.86. The molecule has 0 unspecified atom stereocenters. The molecule has 27 heavy (non-hydrogen) atoms. The predicted octanol–water partition coefficient (Wildman–Crippen LogP) is 1.10. The lowest BCUT2D eigenvalue weighted by Crippen LogP contribution is -2.62. The van der Waals surface area contributed by atoms with Crippen molar-refractivity contribution in [3.8, 4) is 0 Å². The van der Waals surface area contributed by atoms with Gasteiger partial charge in [0.15, 0.2) is 5.78 Å². The molecule has 0 heterocycles. The summed E-state index contributed by atoms with van der Waals surface area (Å²) >= 11 is 0. The van der Waals surface area contributed by atoms with Gasteiger partial charge in [0.25, 0.3) is 0 Å². The third-order valence-electron chi connectivity index (χ3n) is 8.69. The number of aliphatic hydroxyl groups excluding tert-OH is 2. The van der Waals surface area contributed by atoms with Crippen LogP contribution in [0, 0.1) is 28.6 Å². The van der Waals surface area contributed by atoms with Crippen molar-refractivity contribution in [2.45, 2.75) is 76.8 Å². The number of allylic oxidation sites excluding steroid dienone is 1. The standard InChI is InChI=1S/C21H30O6/c1-19-7-5-12(22)9-11(19)3-4-13-14-6-8-21(27,17(24)18(25)26)20(14,2)10-15(23)16(13)19/h9,13-16,18,23,25-27H,3-8,10H2,1-2H3/t13-,14-,15-,16+,19-,20-,21-/m0/s1. The molecule has 0 radical (unpaired) electrons. The zero-order valence-corrected chi connectivity index (χ0v) is 16.0. The van der Waals surface area contributed by atoms with Crippen LogP contribution in [0.2, 0.25) is 0 Å². The number of hydrogen-bond acceptors (Lipinski definition) is 6. The van der Waals surface area contributed by atoms with Crippen LogP contribution in [0.1, 0.15) is 58.8 Å². The number of aliphatic hydroxyl groups is 4. The highest BCUT2D eigenvalue weighted by Gasteiger charge is 2.68. The summed E-state index contributed by atoms with van der Waals surface area (Å²) in [6.07, 6.45) is 2.80. The van der Waals surface area contributed by atoms with E-state index in [9.17, 15) is 30.0 Å². The molecule has 4 aliphatic carbocycles. The molecule has 0 aliphatic heterocycles. The van der Waals surface area contributed by atoms with Crippen LogP contribution in [-0.4, -0.2) is 50.0 Å². The van der Waals surface area contributed by atoms with Crippen molar-refractivity contribution in [1.82, 2.24) is 0 Å². The van der Waals surface area contributed by atoms with Gasteiger partial charge >= 0.3 is 0 Å². The van der Waals surface area contributed by atoms with Crippen LogP contribution in [0.25, 0.3) is 0 Å². The monoisotopic (exact) mass is 378 g/mol. The molecule has 0 amide bonds. The van der Waals surface area contributed by atoms with Crippen LogP contribution in [0.15, 0.2) is 11.6 Å². The van der Waals surface area contributed by atoms with Crippen LogP contribution in [0.5, 0.6) is 0 Å². The maximum Gasteiger partial charge on any atom is 0.220 e. The van der Waals surface area contributed by atoms with Crippen molar-refractivity contribution in [2.75, 3.05) is 0 Å². The first-order valence-electron chi connectivity index (χ1n) is 10.1. The van der Waals surface area contributed by atoms with E-state index in [1.165, 1.54) is 0 Å². The molecule has 0 aromatic heterocycles. The number of ketones is 2. The van der Waals surface area contributed by atoms with Crippen molar-refractivity contribution in [2.24, 2.45) is 28.6 Å². The maximum absolute atomic E-state index is 12.4. The van der Waals surface area contributed by atoms with Crippen LogP contribution < -0.4 is 0 Å². The Hall–Kier alpha value is -1.08. The molecule has 7 atom stereocenters. The molecular weight excluding hydrogens is 348 g/mol. The number of carbonyl (C=O) groups is 2. The molecular formula is C21H30O6. The molecule has 3 saturated carbocycles. The van der Waals surface area contributed by atoms with E-state index in [-0.39, 0.29) is 41.8 Å². The molecule has 150 valence electrons. The van der Waals surface area contributed by atoms with Crippen molar-refractivity contribution >= 4 is 11.6 Å². The minimum atomic E-state index is -2.21. The molecule has 6 nitrogen and oxygen atoms in total. The zero-order chi connectivity index (χ0) is 19.8. The van der Waals surface area contributed by atoms with Gasteiger partial charge in [-0.1, -0.05) is 19.4 Å². The normalized spacial score (nSPS) is 49.3. The second kappa shape index (κ2) is 5.96. The molecule has 0 aromatic carbocycles. The summed E-state index contributed by atoms with van der Waals surface area (Å²) in [5.74, 6) is -0.612. The Kier molecular flexibility index (Phi) is 4.25. The second-order valence-corrected chi connectivity index (χ2v) is 9.71. The fourth-order valence-corrected chi connectivity index (χ4v) is 7.31. The summed E-state index contributed by atoms with van der Waals surface area (Å²) < 4.78 is 0. The van der Waals surface area contributed by atoms with Gasteiger partial charge in [-0.25, -0.2) is 0 Å². The summed E-state index contributed by atoms with van der Waals surface area (Å²) in [6, 6.07) is 0. The fraction of sp³-hybridized carbons (Fsp3) is 0.810. The number of hydrogen-bond donors (Lipinski definition) is 4. The Morgan fingerprint density at radius 1 is 1.19 bits per heavy atom. The first-order valence-corrected chi connectivity index (χ1v) is 10.1. The minimum Gasteiger partial charge on any atom is -0.393 e. The van der Waals surface area contributed by atoms with Gasteiger partial charge in [-0.2, -0.15) is 0 Å². The van der Waals surface area contributed by atoms with Crippen LogP contribution >= 0.6 is 0 Å². The van der Waals surface area contributed by atoms with Crippen molar-refractivity contribution in [3.05, 3.63) is 11.6 Å². The molecule has 4 N–H and O–H groups in total. The van der Waals surface area contributed by atoms with Crippen LogP contribution in [0.4, 0.5) is 0 Å². The summed E-state index contributed by atoms with van der Waals surface area (Å²) in [5, 5.41) is 41.2. The first kappa shape index (κ1) is 19.2. The molecule has 0 spiro atoms. The van der Waals surface area contributed by atoms with Gasteiger partial charge in [0.2, 0.25) is 12.1 Å². The van der Waals surface area contributed by atoms with E-state index in [0.717, 1.165) is 24.8 Å². The Bertz CT molecular complexity index is 713. The molecule has 0 bridgehead atoms. The summed E-state index contributed by atoms with van der Waals surface area (Å²) in [4.78, 5) is 24.3. The average molecular weight is 378 g/mol. The van der Waals surface area contributed by atoms with Gasteiger partial charge in [-0.05, 0) is 67.8 Å². The Morgan fingerprint density at radius 3 is 2.56 bits per heavy atom. The van der Waals surface area contributed by atoms with Crippen LogP contribution in [-0.2, 0) is 9.59 Å². The zero-order valence-electron chi connectivity index (χ0n) is 16.0. The largest absolute Gasteiger partial charge is 0.393 e. The SMILES string of the molecule is C[C@]12CCC(=O)C=C1CC[C@@H]1[C@@H]2[C@@H](O)C[C@@]2(C)[C@H]1CC[C@]2(O)C(=O)C(O)O. The topological polar surface area (TPSA) is 115 Å². The number of fused-ring (bicyclic) bond motifs is 5. The lowest BCUT2D eigenvalue weighted by molar-refractivity contribution is -0.196. The molecule has 3 fully saturated rings. The molecule has 4 aliphatic rings. The molecule has 0 aromatic rings. The Morgan fingerprint density at radius 2 is 1.89 bits per heavy atom. The van der Waals surface area contributed by atoms with Gasteiger partial charge in [0.1, 0.15) is 5.60 Å². The minimum absolute atomic E-state index is 0.000164. The highest BCUT2D eigenvalue weighted by molar-refractivity contribution is 5.92. The highest BCUT2D eigenvalue weighted by atomic mass is 16.5. The van der Waals surface area contributed by atoms with E-state index < -0.39 is 29.2 Å². The summed E-state index contributed by atoms with van der Waals surface area (Å²) in [7, 11) is 0. The second-order valence-electron chi connectivity index (χ2n) is 9.71. The van der Waals surface area contributed by atoms with Gasteiger partial charge in [-0.3, -0.25) is 9.59 Å². The third-order valence-corrected chi connectivity index (χ3v) is 8.69. The lowest BCUT2D eigenvalue weighted by Gasteiger charge is -2.60. The first-order chi connectivity index (χ1) is 12.5. The molecule has 4 rings (SSSR count). The molecule has 0 saturated heterocycles. The van der Waals surface area contributed by atoms with E-state index in [4.69, 9.17) is 0 Å². The van der Waals surface area contributed by atoms with Gasteiger partial charge in [-0.15, -0.1) is 0 Å². The van der Waals surface area contributed by atoms with E-state index >= 15 is 0 Å². The predicted molar refractivity (Wildman–Crippen MR) is 96.3 cm³/mol. The summed E-state index contributed by atoms with van der Waals surface area (Å²) in [5.41, 5.74) is -1.79. The smallest absolute Gasteiger partial charge is 0.220 e. The van der Waals surface area contributed by atoms with Crippen LogP contribution in [0.3, 0.4) is 0 Å². The highest BCUT2D eigenvalue weighted by Crippen LogP contribution is 2.67. The quantitative estimate of drug-likeness (QED) is 0.535. The number of Topliss-reactive ketones (excluding diaryl/α,β-unsaturated/α-hetero) is 1. The Balaban J connectivity index is 1.73. The van der Waals surface area contributed by atoms with Gasteiger partial charge in [0, 0.05) is 11.8 Å².